The quantitative estimate of drug-likeness (QED) is 0.522. The van der Waals surface area contributed by atoms with E-state index < -0.39 is 10.8 Å². The van der Waals surface area contributed by atoms with E-state index in [9.17, 15) is 4.21 Å². The number of nitrogens with one attached hydrogen (secondary N) is 2. The van der Waals surface area contributed by atoms with Crippen molar-refractivity contribution in [2.45, 2.75) is 70.7 Å². The first-order valence-corrected chi connectivity index (χ1v) is 10.5. The molecular formula is C17H36N4OS. The normalized spacial score (nSPS) is 24.0. The lowest BCUT2D eigenvalue weighted by atomic mass is 9.95. The minimum Gasteiger partial charge on any atom is -0.357 e. The van der Waals surface area contributed by atoms with Gasteiger partial charge in [-0.15, -0.1) is 0 Å². The van der Waals surface area contributed by atoms with Crippen LogP contribution in [0.3, 0.4) is 0 Å². The van der Waals surface area contributed by atoms with Crippen LogP contribution >= 0.6 is 0 Å². The second-order valence-electron chi connectivity index (χ2n) is 6.63. The molecule has 0 aromatic rings. The Morgan fingerprint density at radius 1 is 1.35 bits per heavy atom. The van der Waals surface area contributed by atoms with Crippen LogP contribution < -0.4 is 10.6 Å². The summed E-state index contributed by atoms with van der Waals surface area (Å²) < 4.78 is 12.1. The molecule has 3 atom stereocenters. The fraction of sp³-hybridized carbons (Fsp3) is 0.941. The minimum absolute atomic E-state index is 0.348. The fourth-order valence-electron chi connectivity index (χ4n) is 2.84. The maximum Gasteiger partial charge on any atom is 0.191 e. The molecule has 6 heteroatoms. The van der Waals surface area contributed by atoms with Crippen LogP contribution in [0.2, 0.25) is 0 Å². The molecule has 0 aromatic carbocycles. The summed E-state index contributed by atoms with van der Waals surface area (Å²) in [6.07, 6.45) is 4.40. The molecule has 2 N–H and O–H groups in total. The summed E-state index contributed by atoms with van der Waals surface area (Å²) in [6.45, 7) is 11.1. The second kappa shape index (κ2) is 11.0. The van der Waals surface area contributed by atoms with Crippen molar-refractivity contribution >= 4 is 16.8 Å². The predicted octanol–water partition coefficient (Wildman–Crippen LogP) is 1.96. The SMILES string of the molecule is CCNC(=NCCN(C)C(C)C)NC1CCCC(S(=O)CC)C1. The maximum absolute atomic E-state index is 12.1. The zero-order chi connectivity index (χ0) is 17.2. The zero-order valence-electron chi connectivity index (χ0n) is 15.6. The van der Waals surface area contributed by atoms with Gasteiger partial charge in [0.2, 0.25) is 0 Å². The van der Waals surface area contributed by atoms with Gasteiger partial charge in [0.25, 0.3) is 0 Å². The molecule has 1 fully saturated rings. The van der Waals surface area contributed by atoms with Gasteiger partial charge in [0.1, 0.15) is 0 Å². The van der Waals surface area contributed by atoms with Crippen molar-refractivity contribution in [1.29, 1.82) is 0 Å². The Balaban J connectivity index is 2.52. The number of rotatable bonds is 8. The van der Waals surface area contributed by atoms with Gasteiger partial charge in [-0.3, -0.25) is 9.20 Å². The summed E-state index contributed by atoms with van der Waals surface area (Å²) in [6, 6.07) is 0.939. The molecule has 0 radical (unpaired) electrons. The second-order valence-corrected chi connectivity index (χ2v) is 8.64. The van der Waals surface area contributed by atoms with Crippen LogP contribution in [0.5, 0.6) is 0 Å². The van der Waals surface area contributed by atoms with Crippen LogP contribution in [0.1, 0.15) is 53.4 Å². The van der Waals surface area contributed by atoms with E-state index in [1.54, 1.807) is 0 Å². The summed E-state index contributed by atoms with van der Waals surface area (Å²) in [5.74, 6) is 1.67. The molecule has 1 rings (SSSR count). The molecule has 136 valence electrons. The number of hydrogen-bond donors (Lipinski definition) is 2. The Morgan fingerprint density at radius 2 is 2.09 bits per heavy atom. The third-order valence-corrected chi connectivity index (χ3v) is 6.31. The molecule has 0 saturated heterocycles. The van der Waals surface area contributed by atoms with Crippen LogP contribution in [0, 0.1) is 0 Å². The van der Waals surface area contributed by atoms with Crippen molar-refractivity contribution < 1.29 is 4.21 Å². The van der Waals surface area contributed by atoms with Gasteiger partial charge in [0, 0.05) is 47.0 Å². The van der Waals surface area contributed by atoms with E-state index >= 15 is 0 Å². The average molecular weight is 345 g/mol. The lowest BCUT2D eigenvalue weighted by Crippen LogP contribution is -2.47. The van der Waals surface area contributed by atoms with Crippen LogP contribution in [0.4, 0.5) is 0 Å². The van der Waals surface area contributed by atoms with Crippen LogP contribution in [-0.4, -0.2) is 64.8 Å². The van der Waals surface area contributed by atoms with Crippen LogP contribution in [0.15, 0.2) is 4.99 Å². The van der Waals surface area contributed by atoms with Gasteiger partial charge in [0.15, 0.2) is 5.96 Å². The van der Waals surface area contributed by atoms with E-state index in [1.165, 1.54) is 0 Å². The third-order valence-electron chi connectivity index (χ3n) is 4.57. The Kier molecular flexibility index (Phi) is 9.79. The van der Waals surface area contributed by atoms with Crippen molar-refractivity contribution in [2.75, 3.05) is 32.4 Å². The number of aliphatic imine (C=N–C) groups is 1. The number of guanidine groups is 1. The van der Waals surface area contributed by atoms with E-state index in [1.807, 2.05) is 6.92 Å². The van der Waals surface area contributed by atoms with Crippen LogP contribution in [-0.2, 0) is 10.8 Å². The number of likely N-dealkylation sites (N-methyl/N-ethyl adjacent to an activating group) is 1. The zero-order valence-corrected chi connectivity index (χ0v) is 16.4. The van der Waals surface area contributed by atoms with Crippen molar-refractivity contribution in [1.82, 2.24) is 15.5 Å². The molecule has 5 nitrogen and oxygen atoms in total. The molecule has 0 bridgehead atoms. The molecule has 23 heavy (non-hydrogen) atoms. The monoisotopic (exact) mass is 344 g/mol. The summed E-state index contributed by atoms with van der Waals surface area (Å²) in [5, 5.41) is 7.24. The predicted molar refractivity (Wildman–Crippen MR) is 102 cm³/mol. The van der Waals surface area contributed by atoms with Crippen LogP contribution in [0.25, 0.3) is 0 Å². The average Bonchev–Trinajstić information content (AvgIpc) is 2.54. The van der Waals surface area contributed by atoms with Gasteiger partial charge in [-0.2, -0.15) is 0 Å². The first kappa shape index (κ1) is 20.4. The van der Waals surface area contributed by atoms with E-state index in [0.29, 0.717) is 17.3 Å². The minimum atomic E-state index is -0.676. The molecular weight excluding hydrogens is 308 g/mol. The van der Waals surface area contributed by atoms with E-state index in [2.05, 4.69) is 43.4 Å². The molecule has 1 aliphatic rings. The molecule has 0 aliphatic heterocycles. The number of hydrogen-bond acceptors (Lipinski definition) is 3. The van der Waals surface area contributed by atoms with Gasteiger partial charge in [-0.1, -0.05) is 13.3 Å². The molecule has 1 saturated carbocycles. The highest BCUT2D eigenvalue weighted by Crippen LogP contribution is 2.22. The summed E-state index contributed by atoms with van der Waals surface area (Å²) in [4.78, 5) is 7.00. The first-order valence-electron chi connectivity index (χ1n) is 9.10. The van der Waals surface area contributed by atoms with Gasteiger partial charge < -0.3 is 15.5 Å². The summed E-state index contributed by atoms with van der Waals surface area (Å²) in [5.41, 5.74) is 0. The lowest BCUT2D eigenvalue weighted by Gasteiger charge is -2.30. The summed E-state index contributed by atoms with van der Waals surface area (Å²) in [7, 11) is 1.45. The highest BCUT2D eigenvalue weighted by atomic mass is 32.2. The first-order chi connectivity index (χ1) is 11.0. The van der Waals surface area contributed by atoms with Crippen molar-refractivity contribution in [3.8, 4) is 0 Å². The maximum atomic E-state index is 12.1. The lowest BCUT2D eigenvalue weighted by molar-refractivity contribution is 0.282. The van der Waals surface area contributed by atoms with Gasteiger partial charge in [-0.25, -0.2) is 0 Å². The summed E-state index contributed by atoms with van der Waals surface area (Å²) >= 11 is 0. The fourth-order valence-corrected chi connectivity index (χ4v) is 4.19. The Morgan fingerprint density at radius 3 is 2.70 bits per heavy atom. The van der Waals surface area contributed by atoms with Crippen molar-refractivity contribution in [2.24, 2.45) is 4.99 Å². The van der Waals surface area contributed by atoms with E-state index in [-0.39, 0.29) is 0 Å². The molecule has 0 amide bonds. The van der Waals surface area contributed by atoms with E-state index in [0.717, 1.165) is 57.0 Å². The highest BCUT2D eigenvalue weighted by Gasteiger charge is 2.25. The van der Waals surface area contributed by atoms with Crippen molar-refractivity contribution in [3.05, 3.63) is 0 Å². The number of nitrogens with zero attached hydrogens (tertiary/aromatic N) is 2. The molecule has 3 unspecified atom stereocenters. The molecule has 1 aliphatic carbocycles. The molecule has 0 spiro atoms. The van der Waals surface area contributed by atoms with Gasteiger partial charge >= 0.3 is 0 Å². The molecule has 0 heterocycles. The van der Waals surface area contributed by atoms with E-state index in [4.69, 9.17) is 4.99 Å². The Hall–Kier alpha value is -0.620. The smallest absolute Gasteiger partial charge is 0.191 e. The third kappa shape index (κ3) is 7.66. The highest BCUT2D eigenvalue weighted by molar-refractivity contribution is 7.85. The van der Waals surface area contributed by atoms with Gasteiger partial charge in [-0.05, 0) is 47.1 Å². The standard InChI is InChI=1S/C17H36N4OS/c1-6-18-17(19-11-12-21(5)14(3)4)20-15-9-8-10-16(13-15)23(22)7-2/h14-16H,6-13H2,1-5H3,(H2,18,19,20). The van der Waals surface area contributed by atoms with Gasteiger partial charge in [0.05, 0.1) is 6.54 Å². The Bertz CT molecular complexity index is 387. The Labute approximate surface area is 145 Å². The topological polar surface area (TPSA) is 56.7 Å². The molecule has 0 aromatic heterocycles. The van der Waals surface area contributed by atoms with Crippen molar-refractivity contribution in [3.63, 3.8) is 0 Å². The largest absolute Gasteiger partial charge is 0.357 e.